The first-order valence-corrected chi connectivity index (χ1v) is 6.06. The van der Waals surface area contributed by atoms with Crippen molar-refractivity contribution < 1.29 is 24.2 Å². The van der Waals surface area contributed by atoms with E-state index in [-0.39, 0.29) is 25.7 Å². The molecule has 2 aliphatic heterocycles. The smallest absolute Gasteiger partial charge is 0.308 e. The number of hydrogen-bond donors (Lipinski definition) is 1. The molecule has 1 fully saturated rings. The molecule has 19 heavy (non-hydrogen) atoms. The molecule has 0 aliphatic carbocycles. The van der Waals surface area contributed by atoms with Crippen molar-refractivity contribution in [2.45, 2.75) is 6.42 Å². The summed E-state index contributed by atoms with van der Waals surface area (Å²) in [7, 11) is 0. The second kappa shape index (κ2) is 4.31. The molecule has 100 valence electrons. The monoisotopic (exact) mass is 283 g/mol. The number of ether oxygens (including phenoxy) is 2. The van der Waals surface area contributed by atoms with Gasteiger partial charge in [0.05, 0.1) is 16.6 Å². The number of carbonyl (C=O) groups excluding carboxylic acids is 1. The molecule has 0 spiro atoms. The van der Waals surface area contributed by atoms with E-state index in [0.717, 1.165) is 0 Å². The highest BCUT2D eigenvalue weighted by Crippen LogP contribution is 2.42. The van der Waals surface area contributed by atoms with Crippen molar-refractivity contribution >= 4 is 29.2 Å². The van der Waals surface area contributed by atoms with E-state index in [2.05, 4.69) is 0 Å². The predicted octanol–water partition coefficient (Wildman–Crippen LogP) is 1.51. The van der Waals surface area contributed by atoms with E-state index in [1.807, 2.05) is 0 Å². The summed E-state index contributed by atoms with van der Waals surface area (Å²) >= 11 is 6.10. The third-order valence-electron chi connectivity index (χ3n) is 3.21. The van der Waals surface area contributed by atoms with Gasteiger partial charge < -0.3 is 19.5 Å². The number of carbonyl (C=O) groups is 2. The molecule has 0 bridgehead atoms. The molecule has 1 atom stereocenters. The van der Waals surface area contributed by atoms with Crippen molar-refractivity contribution in [1.29, 1.82) is 0 Å². The van der Waals surface area contributed by atoms with Crippen molar-refractivity contribution in [2.24, 2.45) is 5.92 Å². The molecule has 1 N–H and O–H groups in total. The highest BCUT2D eigenvalue weighted by molar-refractivity contribution is 6.34. The van der Waals surface area contributed by atoms with Crippen LogP contribution in [0.3, 0.4) is 0 Å². The summed E-state index contributed by atoms with van der Waals surface area (Å²) in [5, 5.41) is 9.30. The largest absolute Gasteiger partial charge is 0.481 e. The number of hydrogen-bond acceptors (Lipinski definition) is 4. The van der Waals surface area contributed by atoms with Gasteiger partial charge in [-0.05, 0) is 0 Å². The average molecular weight is 284 g/mol. The van der Waals surface area contributed by atoms with Crippen LogP contribution in [0.4, 0.5) is 5.69 Å². The lowest BCUT2D eigenvalue weighted by molar-refractivity contribution is -0.141. The van der Waals surface area contributed by atoms with Crippen LogP contribution in [-0.2, 0) is 9.59 Å². The van der Waals surface area contributed by atoms with E-state index in [0.29, 0.717) is 22.2 Å². The maximum absolute atomic E-state index is 11.9. The quantitative estimate of drug-likeness (QED) is 0.890. The summed E-state index contributed by atoms with van der Waals surface area (Å²) < 4.78 is 10.4. The van der Waals surface area contributed by atoms with Gasteiger partial charge in [-0.25, -0.2) is 0 Å². The highest BCUT2D eigenvalue weighted by atomic mass is 35.5. The molecule has 1 aromatic rings. The van der Waals surface area contributed by atoms with Crippen molar-refractivity contribution in [3.63, 3.8) is 0 Å². The van der Waals surface area contributed by atoms with Crippen LogP contribution in [0, 0.1) is 5.92 Å². The first kappa shape index (κ1) is 12.1. The molecular weight excluding hydrogens is 274 g/mol. The van der Waals surface area contributed by atoms with Crippen LogP contribution in [0.25, 0.3) is 0 Å². The van der Waals surface area contributed by atoms with Crippen molar-refractivity contribution in [3.8, 4) is 11.5 Å². The molecule has 1 amide bonds. The van der Waals surface area contributed by atoms with Crippen LogP contribution >= 0.6 is 11.6 Å². The second-order valence-electron chi connectivity index (χ2n) is 4.40. The maximum atomic E-state index is 11.9. The number of anilines is 1. The van der Waals surface area contributed by atoms with Gasteiger partial charge in [0.1, 0.15) is 0 Å². The first-order chi connectivity index (χ1) is 9.06. The standard InChI is InChI=1S/C12H10ClNO5/c13-7-2-9-10(19-5-18-9)3-8(7)14-4-6(12(16)17)1-11(14)15/h2-3,6H,1,4-5H2,(H,16,17). The van der Waals surface area contributed by atoms with Gasteiger partial charge in [0.25, 0.3) is 0 Å². The van der Waals surface area contributed by atoms with E-state index in [9.17, 15) is 9.59 Å². The zero-order chi connectivity index (χ0) is 13.6. The Labute approximate surface area is 113 Å². The van der Waals surface area contributed by atoms with E-state index in [1.54, 1.807) is 12.1 Å². The number of halogens is 1. The van der Waals surface area contributed by atoms with Crippen LogP contribution < -0.4 is 14.4 Å². The van der Waals surface area contributed by atoms with Crippen LogP contribution in [0.2, 0.25) is 5.02 Å². The number of amides is 1. The highest BCUT2D eigenvalue weighted by Gasteiger charge is 2.36. The second-order valence-corrected chi connectivity index (χ2v) is 4.81. The number of aliphatic carboxylic acids is 1. The van der Waals surface area contributed by atoms with Crippen LogP contribution in [0.1, 0.15) is 6.42 Å². The third-order valence-corrected chi connectivity index (χ3v) is 3.51. The molecule has 1 saturated heterocycles. The Morgan fingerprint density at radius 1 is 1.37 bits per heavy atom. The number of rotatable bonds is 2. The van der Waals surface area contributed by atoms with E-state index in [1.165, 1.54) is 4.90 Å². The summed E-state index contributed by atoms with van der Waals surface area (Å²) in [6.45, 7) is 0.230. The number of nitrogens with zero attached hydrogens (tertiary/aromatic N) is 1. The number of carboxylic acids is 1. The van der Waals surface area contributed by atoms with Crippen LogP contribution in [0.5, 0.6) is 11.5 Å². The lowest BCUT2D eigenvalue weighted by Crippen LogP contribution is -2.26. The van der Waals surface area contributed by atoms with E-state index < -0.39 is 11.9 Å². The number of carboxylic acid groups (broad SMARTS) is 1. The van der Waals surface area contributed by atoms with Crippen LogP contribution in [-0.4, -0.2) is 30.3 Å². The number of fused-ring (bicyclic) bond motifs is 1. The zero-order valence-electron chi connectivity index (χ0n) is 9.76. The molecule has 2 heterocycles. The average Bonchev–Trinajstić information content (AvgIpc) is 2.94. The van der Waals surface area contributed by atoms with Crippen molar-refractivity contribution in [3.05, 3.63) is 17.2 Å². The minimum atomic E-state index is -0.979. The summed E-state index contributed by atoms with van der Waals surface area (Å²) in [5.41, 5.74) is 0.458. The van der Waals surface area contributed by atoms with Crippen molar-refractivity contribution in [1.82, 2.24) is 0 Å². The van der Waals surface area contributed by atoms with E-state index >= 15 is 0 Å². The first-order valence-electron chi connectivity index (χ1n) is 5.68. The van der Waals surface area contributed by atoms with Crippen LogP contribution in [0.15, 0.2) is 12.1 Å². The van der Waals surface area contributed by atoms with Gasteiger partial charge in [0.15, 0.2) is 11.5 Å². The topological polar surface area (TPSA) is 76.1 Å². The normalized spacial score (nSPS) is 21.0. The Balaban J connectivity index is 1.95. The third kappa shape index (κ3) is 1.98. The minimum absolute atomic E-state index is 0.0138. The molecule has 2 aliphatic rings. The molecule has 1 aromatic carbocycles. The molecular formula is C12H10ClNO5. The fourth-order valence-corrected chi connectivity index (χ4v) is 2.47. The summed E-state index contributed by atoms with van der Waals surface area (Å²) in [6.07, 6.45) is -0.0138. The summed E-state index contributed by atoms with van der Waals surface area (Å²) in [4.78, 5) is 24.2. The summed E-state index contributed by atoms with van der Waals surface area (Å²) in [6, 6.07) is 3.17. The molecule has 1 unspecified atom stereocenters. The Hall–Kier alpha value is -1.95. The van der Waals surface area contributed by atoms with Gasteiger partial charge in [-0.2, -0.15) is 0 Å². The predicted molar refractivity (Wildman–Crippen MR) is 65.7 cm³/mol. The molecule has 6 nitrogen and oxygen atoms in total. The Morgan fingerprint density at radius 3 is 2.68 bits per heavy atom. The van der Waals surface area contributed by atoms with Gasteiger partial charge in [-0.3, -0.25) is 9.59 Å². The molecule has 7 heteroatoms. The van der Waals surface area contributed by atoms with Gasteiger partial charge in [-0.15, -0.1) is 0 Å². The lowest BCUT2D eigenvalue weighted by atomic mass is 10.1. The van der Waals surface area contributed by atoms with Gasteiger partial charge >= 0.3 is 5.97 Å². The molecule has 0 radical (unpaired) electrons. The van der Waals surface area contributed by atoms with Gasteiger partial charge in [-0.1, -0.05) is 11.6 Å². The molecule has 0 saturated carbocycles. The number of benzene rings is 1. The minimum Gasteiger partial charge on any atom is -0.481 e. The Bertz CT molecular complexity index is 573. The Kier molecular flexibility index (Phi) is 2.74. The molecule has 3 rings (SSSR count). The fraction of sp³-hybridized carbons (Fsp3) is 0.333. The fourth-order valence-electron chi connectivity index (χ4n) is 2.22. The van der Waals surface area contributed by atoms with Gasteiger partial charge in [0.2, 0.25) is 12.7 Å². The molecule has 0 aromatic heterocycles. The Morgan fingerprint density at radius 2 is 2.05 bits per heavy atom. The summed E-state index contributed by atoms with van der Waals surface area (Å²) in [5.74, 6) is -0.906. The maximum Gasteiger partial charge on any atom is 0.308 e. The van der Waals surface area contributed by atoms with Crippen molar-refractivity contribution in [2.75, 3.05) is 18.2 Å². The van der Waals surface area contributed by atoms with E-state index in [4.69, 9.17) is 26.2 Å². The van der Waals surface area contributed by atoms with Gasteiger partial charge in [0, 0.05) is 25.1 Å². The SMILES string of the molecule is O=C(O)C1CC(=O)N(c2cc3c(cc2Cl)OCO3)C1. The zero-order valence-corrected chi connectivity index (χ0v) is 10.5. The lowest BCUT2D eigenvalue weighted by Gasteiger charge is -2.18.